The molecule has 1 saturated carbocycles. The van der Waals surface area contributed by atoms with Crippen molar-refractivity contribution in [3.8, 4) is 22.9 Å². The Morgan fingerprint density at radius 2 is 2.00 bits per heavy atom. The summed E-state index contributed by atoms with van der Waals surface area (Å²) < 4.78 is 14.4. The summed E-state index contributed by atoms with van der Waals surface area (Å²) in [6, 6.07) is 11.1. The normalized spacial score (nSPS) is 17.5. The number of nitrogens with one attached hydrogen (secondary N) is 1. The summed E-state index contributed by atoms with van der Waals surface area (Å²) in [5, 5.41) is 7.31. The average molecular weight is 407 g/mol. The number of nitrogens with zero attached hydrogens (tertiary/aromatic N) is 4. The standard InChI is InChI=1S/C21H21N5O4/c27-20(18-13-29-16-5-1-2-6-17(16)30-18)23-10-11-25-21(28)26(15-7-8-15)19(24-25)14-4-3-9-22-12-14/h1-6,9,12,15,18H,7-8,10-11,13H2,(H,23,27). The first-order valence-corrected chi connectivity index (χ1v) is 9.96. The number of pyridine rings is 1. The number of carbonyl (C=O) groups is 1. The Balaban J connectivity index is 1.25. The van der Waals surface area contributed by atoms with Crippen molar-refractivity contribution in [2.75, 3.05) is 13.2 Å². The van der Waals surface area contributed by atoms with Gasteiger partial charge in [-0.25, -0.2) is 9.48 Å². The second kappa shape index (κ2) is 7.66. The lowest BCUT2D eigenvalue weighted by Gasteiger charge is -2.25. The number of ether oxygens (including phenoxy) is 2. The van der Waals surface area contributed by atoms with Crippen LogP contribution in [0.1, 0.15) is 18.9 Å². The monoisotopic (exact) mass is 407 g/mol. The van der Waals surface area contributed by atoms with Crippen LogP contribution in [-0.4, -0.2) is 44.5 Å². The van der Waals surface area contributed by atoms with Crippen LogP contribution in [-0.2, 0) is 11.3 Å². The van der Waals surface area contributed by atoms with Crippen molar-refractivity contribution < 1.29 is 14.3 Å². The Hall–Kier alpha value is -3.62. The van der Waals surface area contributed by atoms with Gasteiger partial charge in [0.25, 0.3) is 5.91 Å². The predicted octanol–water partition coefficient (Wildman–Crippen LogP) is 1.40. The Kier molecular flexibility index (Phi) is 4.70. The fourth-order valence-corrected chi connectivity index (χ4v) is 3.47. The highest BCUT2D eigenvalue weighted by molar-refractivity contribution is 5.81. The zero-order valence-corrected chi connectivity index (χ0v) is 16.2. The predicted molar refractivity (Wildman–Crippen MR) is 107 cm³/mol. The molecule has 1 aromatic carbocycles. The van der Waals surface area contributed by atoms with Gasteiger partial charge in [0.05, 0.1) is 6.54 Å². The Morgan fingerprint density at radius 1 is 1.17 bits per heavy atom. The molecule has 2 aromatic heterocycles. The SMILES string of the molecule is O=C(NCCn1nc(-c2cccnc2)n(C2CC2)c1=O)C1COc2ccccc2O1. The van der Waals surface area contributed by atoms with E-state index in [9.17, 15) is 9.59 Å². The zero-order valence-electron chi connectivity index (χ0n) is 16.2. The molecular formula is C21H21N5O4. The molecule has 1 aliphatic heterocycles. The first kappa shape index (κ1) is 18.4. The Labute approximate surface area is 172 Å². The average Bonchev–Trinajstić information content (AvgIpc) is 3.57. The quantitative estimate of drug-likeness (QED) is 0.663. The van der Waals surface area contributed by atoms with E-state index in [1.807, 2.05) is 24.3 Å². The number of aromatic nitrogens is 4. The van der Waals surface area contributed by atoms with Crippen molar-refractivity contribution in [1.82, 2.24) is 24.6 Å². The van der Waals surface area contributed by atoms with E-state index in [-0.39, 0.29) is 37.3 Å². The van der Waals surface area contributed by atoms with Crippen LogP contribution in [0.3, 0.4) is 0 Å². The second-order valence-corrected chi connectivity index (χ2v) is 7.33. The highest BCUT2D eigenvalue weighted by Crippen LogP contribution is 2.36. The van der Waals surface area contributed by atoms with Crippen LogP contribution in [0.4, 0.5) is 0 Å². The molecule has 9 nitrogen and oxygen atoms in total. The van der Waals surface area contributed by atoms with Crippen molar-refractivity contribution >= 4 is 5.91 Å². The number of carbonyl (C=O) groups excluding carboxylic acids is 1. The summed E-state index contributed by atoms with van der Waals surface area (Å²) >= 11 is 0. The van der Waals surface area contributed by atoms with Gasteiger partial charge in [0.2, 0.25) is 6.10 Å². The van der Waals surface area contributed by atoms with E-state index in [1.165, 1.54) is 4.68 Å². The fraction of sp³-hybridized carbons (Fsp3) is 0.333. The van der Waals surface area contributed by atoms with Gasteiger partial charge in [0.1, 0.15) is 6.61 Å². The van der Waals surface area contributed by atoms with Crippen LogP contribution in [0.15, 0.2) is 53.6 Å². The van der Waals surface area contributed by atoms with Crippen LogP contribution >= 0.6 is 0 Å². The van der Waals surface area contributed by atoms with Gasteiger partial charge in [0.15, 0.2) is 17.3 Å². The molecule has 2 aliphatic rings. The smallest absolute Gasteiger partial charge is 0.346 e. The molecule has 30 heavy (non-hydrogen) atoms. The minimum atomic E-state index is -0.730. The van der Waals surface area contributed by atoms with Gasteiger partial charge in [-0.1, -0.05) is 12.1 Å². The number of benzene rings is 1. The molecule has 5 rings (SSSR count). The molecule has 0 spiro atoms. The Morgan fingerprint density at radius 3 is 2.77 bits per heavy atom. The lowest BCUT2D eigenvalue weighted by molar-refractivity contribution is -0.130. The first-order chi connectivity index (χ1) is 14.7. The maximum atomic E-state index is 12.8. The van der Waals surface area contributed by atoms with E-state index in [1.54, 1.807) is 29.1 Å². The summed E-state index contributed by atoms with van der Waals surface area (Å²) in [7, 11) is 0. The minimum absolute atomic E-state index is 0.143. The topological polar surface area (TPSA) is 100 Å². The number of rotatable bonds is 6. The number of hydrogen-bond acceptors (Lipinski definition) is 6. The van der Waals surface area contributed by atoms with Crippen molar-refractivity contribution in [3.63, 3.8) is 0 Å². The molecule has 3 heterocycles. The molecule has 9 heteroatoms. The van der Waals surface area contributed by atoms with Crippen molar-refractivity contribution in [3.05, 3.63) is 59.3 Å². The van der Waals surface area contributed by atoms with E-state index in [0.29, 0.717) is 17.3 Å². The third-order valence-electron chi connectivity index (χ3n) is 5.13. The largest absolute Gasteiger partial charge is 0.485 e. The van der Waals surface area contributed by atoms with Gasteiger partial charge in [-0.15, -0.1) is 5.10 Å². The van der Waals surface area contributed by atoms with Crippen LogP contribution in [0.5, 0.6) is 11.5 Å². The van der Waals surface area contributed by atoms with Gasteiger partial charge < -0.3 is 14.8 Å². The van der Waals surface area contributed by atoms with Crippen LogP contribution < -0.4 is 20.5 Å². The van der Waals surface area contributed by atoms with Crippen LogP contribution in [0, 0.1) is 0 Å². The van der Waals surface area contributed by atoms with Gasteiger partial charge in [-0.05, 0) is 37.1 Å². The summed E-state index contributed by atoms with van der Waals surface area (Å²) in [6.07, 6.45) is 4.59. The van der Waals surface area contributed by atoms with Gasteiger partial charge in [-0.3, -0.25) is 14.3 Å². The van der Waals surface area contributed by atoms with E-state index in [2.05, 4.69) is 15.4 Å². The molecule has 0 radical (unpaired) electrons. The van der Waals surface area contributed by atoms with Crippen LogP contribution in [0.2, 0.25) is 0 Å². The first-order valence-electron chi connectivity index (χ1n) is 9.96. The molecule has 1 unspecified atom stereocenters. The van der Waals surface area contributed by atoms with E-state index < -0.39 is 6.10 Å². The number of fused-ring (bicyclic) bond motifs is 1. The minimum Gasteiger partial charge on any atom is -0.485 e. The highest BCUT2D eigenvalue weighted by Gasteiger charge is 2.31. The zero-order chi connectivity index (χ0) is 20.5. The van der Waals surface area contributed by atoms with Crippen molar-refractivity contribution in [1.29, 1.82) is 0 Å². The molecule has 0 saturated heterocycles. The van der Waals surface area contributed by atoms with E-state index in [4.69, 9.17) is 9.47 Å². The van der Waals surface area contributed by atoms with Crippen LogP contribution in [0.25, 0.3) is 11.4 Å². The van der Waals surface area contributed by atoms with Gasteiger partial charge in [0, 0.05) is 30.5 Å². The lowest BCUT2D eigenvalue weighted by atomic mass is 10.2. The number of amides is 1. The van der Waals surface area contributed by atoms with Gasteiger partial charge >= 0.3 is 5.69 Å². The molecule has 154 valence electrons. The second-order valence-electron chi connectivity index (χ2n) is 7.33. The maximum absolute atomic E-state index is 12.8. The molecule has 1 atom stereocenters. The molecule has 1 amide bonds. The molecular weight excluding hydrogens is 386 g/mol. The lowest BCUT2D eigenvalue weighted by Crippen LogP contribution is -2.45. The maximum Gasteiger partial charge on any atom is 0.346 e. The molecule has 1 fully saturated rings. The molecule has 1 N–H and O–H groups in total. The van der Waals surface area contributed by atoms with E-state index >= 15 is 0 Å². The summed E-state index contributed by atoms with van der Waals surface area (Å²) in [6.45, 7) is 0.667. The highest BCUT2D eigenvalue weighted by atomic mass is 16.6. The van der Waals surface area contributed by atoms with Gasteiger partial charge in [-0.2, -0.15) is 0 Å². The summed E-state index contributed by atoms with van der Waals surface area (Å²) in [5.74, 6) is 1.50. The van der Waals surface area contributed by atoms with E-state index in [0.717, 1.165) is 18.4 Å². The third kappa shape index (κ3) is 3.54. The molecule has 0 bridgehead atoms. The fourth-order valence-electron chi connectivity index (χ4n) is 3.47. The summed E-state index contributed by atoms with van der Waals surface area (Å²) in [4.78, 5) is 29.4. The third-order valence-corrected chi connectivity index (χ3v) is 5.13. The molecule has 3 aromatic rings. The Bertz CT molecular complexity index is 1120. The number of para-hydroxylation sites is 2. The van der Waals surface area contributed by atoms with Crippen molar-refractivity contribution in [2.24, 2.45) is 0 Å². The summed E-state index contributed by atoms with van der Waals surface area (Å²) in [5.41, 5.74) is 0.632. The molecule has 1 aliphatic carbocycles. The van der Waals surface area contributed by atoms with Crippen molar-refractivity contribution in [2.45, 2.75) is 31.5 Å². The number of hydrogen-bond donors (Lipinski definition) is 1.